The number of aromatic nitrogens is 1. The van der Waals surface area contributed by atoms with Crippen LogP contribution in [0.1, 0.15) is 64.2 Å². The van der Waals surface area contributed by atoms with Crippen molar-refractivity contribution in [1.29, 1.82) is 0 Å². The normalized spacial score (nSPS) is 24.7. The van der Waals surface area contributed by atoms with Crippen molar-refractivity contribution >= 4 is 17.5 Å². The lowest BCUT2D eigenvalue weighted by atomic mass is 9.84. The predicted molar refractivity (Wildman–Crippen MR) is 126 cm³/mol. The van der Waals surface area contributed by atoms with Gasteiger partial charge >= 0.3 is 0 Å². The number of aromatic hydroxyl groups is 1. The molecule has 1 aromatic heterocycles. The smallest absolute Gasteiger partial charge is 0.274 e. The molecule has 0 aliphatic carbocycles. The lowest BCUT2D eigenvalue weighted by molar-refractivity contribution is -0.0655. The van der Waals surface area contributed by atoms with E-state index in [1.165, 1.54) is 16.8 Å². The van der Waals surface area contributed by atoms with Gasteiger partial charge in [-0.3, -0.25) is 14.4 Å². The third-order valence-corrected chi connectivity index (χ3v) is 7.44. The van der Waals surface area contributed by atoms with E-state index in [0.717, 1.165) is 5.56 Å². The van der Waals surface area contributed by atoms with E-state index in [4.69, 9.17) is 4.84 Å². The average Bonchev–Trinajstić information content (AvgIpc) is 3.23. The van der Waals surface area contributed by atoms with Crippen molar-refractivity contribution < 1.29 is 29.0 Å². The van der Waals surface area contributed by atoms with Crippen molar-refractivity contribution in [3.05, 3.63) is 62.8 Å². The van der Waals surface area contributed by atoms with E-state index < -0.39 is 40.5 Å². The number of halogens is 1. The number of rotatable bonds is 4. The standard InChI is InChI=1S/C25H27FN4O6/c1-13-3-4-15(18(26)7-13)9-27-23(34)17-10-30-19-11-29(24(35)20(30)22(33)21(17)32)14(2)5-6-25(19)8-16(12-31)28-36-25/h3-4,7,10,14,19,31,33H,5-6,8-9,11-12H2,1-2H3,(H,27,34)/t14-,19+,25-/m0/s1. The van der Waals surface area contributed by atoms with Gasteiger partial charge in [-0.15, -0.1) is 0 Å². The maximum Gasteiger partial charge on any atom is 0.274 e. The largest absolute Gasteiger partial charge is 0.503 e. The molecule has 2 aromatic rings. The Labute approximate surface area is 206 Å². The zero-order valence-corrected chi connectivity index (χ0v) is 20.0. The molecule has 3 N–H and O–H groups in total. The van der Waals surface area contributed by atoms with Gasteiger partial charge in [0, 0.05) is 37.3 Å². The van der Waals surface area contributed by atoms with E-state index in [9.17, 15) is 29.0 Å². The minimum absolute atomic E-state index is 0.165. The lowest BCUT2D eigenvalue weighted by Crippen LogP contribution is -2.52. The summed E-state index contributed by atoms with van der Waals surface area (Å²) in [5, 5.41) is 27.0. The maximum atomic E-state index is 14.2. The minimum Gasteiger partial charge on any atom is -0.503 e. The van der Waals surface area contributed by atoms with Crippen LogP contribution >= 0.6 is 0 Å². The number of nitrogens with zero attached hydrogens (tertiary/aromatic N) is 3. The second-order valence-electron chi connectivity index (χ2n) is 9.76. The lowest BCUT2D eigenvalue weighted by Gasteiger charge is -2.41. The summed E-state index contributed by atoms with van der Waals surface area (Å²) in [5.74, 6) is -2.63. The molecule has 11 heteroatoms. The number of oxime groups is 1. The first-order valence-electron chi connectivity index (χ1n) is 11.8. The third-order valence-electron chi connectivity index (χ3n) is 7.44. The van der Waals surface area contributed by atoms with Crippen molar-refractivity contribution in [2.45, 2.75) is 57.3 Å². The second-order valence-corrected chi connectivity index (χ2v) is 9.76. The number of amides is 2. The molecule has 4 heterocycles. The van der Waals surface area contributed by atoms with Gasteiger partial charge in [0.1, 0.15) is 11.4 Å². The first-order chi connectivity index (χ1) is 17.1. The van der Waals surface area contributed by atoms with Gasteiger partial charge in [0.2, 0.25) is 5.43 Å². The van der Waals surface area contributed by atoms with Gasteiger partial charge in [-0.25, -0.2) is 4.39 Å². The molecule has 2 amide bonds. The molecule has 36 heavy (non-hydrogen) atoms. The summed E-state index contributed by atoms with van der Waals surface area (Å²) in [7, 11) is 0. The SMILES string of the molecule is Cc1ccc(CNC(=O)c2cn3c(c(O)c2=O)C(=O)N2C[C@@H]3[C@]3(CC[C@@H]2C)CC(CO)=NO3)c(F)c1. The molecule has 5 rings (SSSR count). The highest BCUT2D eigenvalue weighted by atomic mass is 19.1. The first-order valence-corrected chi connectivity index (χ1v) is 11.8. The fourth-order valence-corrected chi connectivity index (χ4v) is 5.34. The van der Waals surface area contributed by atoms with Crippen LogP contribution in [-0.4, -0.2) is 62.0 Å². The number of hydrogen-bond acceptors (Lipinski definition) is 7. The minimum atomic E-state index is -0.988. The summed E-state index contributed by atoms with van der Waals surface area (Å²) in [6.07, 6.45) is 2.67. The highest BCUT2D eigenvalue weighted by molar-refractivity contribution is 5.99. The first kappa shape index (κ1) is 24.0. The molecule has 1 spiro atoms. The molecule has 1 fully saturated rings. The summed E-state index contributed by atoms with van der Waals surface area (Å²) in [6.45, 7) is 3.40. The Morgan fingerprint density at radius 3 is 2.83 bits per heavy atom. The molecule has 0 unspecified atom stereocenters. The number of benzene rings is 1. The summed E-state index contributed by atoms with van der Waals surface area (Å²) in [6, 6.07) is 3.84. The van der Waals surface area contributed by atoms with Crippen LogP contribution in [0.4, 0.5) is 4.39 Å². The molecule has 3 aliphatic heterocycles. The van der Waals surface area contributed by atoms with E-state index in [1.807, 2.05) is 6.92 Å². The van der Waals surface area contributed by atoms with Gasteiger partial charge in [-0.05, 0) is 38.3 Å². The van der Waals surface area contributed by atoms with Gasteiger partial charge in [-0.2, -0.15) is 0 Å². The van der Waals surface area contributed by atoms with Crippen LogP contribution in [0.25, 0.3) is 0 Å². The van der Waals surface area contributed by atoms with Crippen LogP contribution in [0.5, 0.6) is 5.75 Å². The van der Waals surface area contributed by atoms with E-state index in [-0.39, 0.29) is 42.6 Å². The van der Waals surface area contributed by atoms with E-state index in [2.05, 4.69) is 10.5 Å². The number of carbonyl (C=O) groups is 2. The molecule has 10 nitrogen and oxygen atoms in total. The second kappa shape index (κ2) is 8.74. The molecular formula is C25H27FN4O6. The maximum absolute atomic E-state index is 14.2. The van der Waals surface area contributed by atoms with E-state index in [1.54, 1.807) is 24.0 Å². The number of aliphatic hydroxyl groups is 1. The Bertz CT molecular complexity index is 1350. The Balaban J connectivity index is 1.54. The molecule has 190 valence electrons. The topological polar surface area (TPSA) is 133 Å². The molecule has 0 saturated carbocycles. The summed E-state index contributed by atoms with van der Waals surface area (Å²) < 4.78 is 15.6. The van der Waals surface area contributed by atoms with Gasteiger partial charge < -0.3 is 29.8 Å². The monoisotopic (exact) mass is 498 g/mol. The number of fused-ring (bicyclic) bond motifs is 5. The number of nitrogens with one attached hydrogen (secondary N) is 1. The molecular weight excluding hydrogens is 471 g/mol. The van der Waals surface area contributed by atoms with Crippen LogP contribution in [-0.2, 0) is 11.4 Å². The molecule has 1 saturated heterocycles. The Kier molecular flexibility index (Phi) is 5.82. The number of aliphatic hydroxyl groups excluding tert-OH is 1. The summed E-state index contributed by atoms with van der Waals surface area (Å²) >= 11 is 0. The number of carbonyl (C=O) groups excluding carboxylic acids is 2. The van der Waals surface area contributed by atoms with Gasteiger partial charge in [-0.1, -0.05) is 17.3 Å². The molecule has 3 atom stereocenters. The van der Waals surface area contributed by atoms with Gasteiger partial charge in [0.05, 0.1) is 18.4 Å². The van der Waals surface area contributed by atoms with E-state index >= 15 is 0 Å². The quantitative estimate of drug-likeness (QED) is 0.587. The highest BCUT2D eigenvalue weighted by Crippen LogP contribution is 2.46. The molecule has 3 aliphatic rings. The number of hydrogen-bond donors (Lipinski definition) is 3. The average molecular weight is 499 g/mol. The van der Waals surface area contributed by atoms with Crippen molar-refractivity contribution in [3.8, 4) is 5.75 Å². The van der Waals surface area contributed by atoms with Crippen LogP contribution in [0.3, 0.4) is 0 Å². The molecule has 2 bridgehead atoms. The summed E-state index contributed by atoms with van der Waals surface area (Å²) in [5.41, 5.74) is -1.07. The Hall–Kier alpha value is -3.73. The Morgan fingerprint density at radius 1 is 1.36 bits per heavy atom. The van der Waals surface area contributed by atoms with Crippen LogP contribution in [0.15, 0.2) is 34.3 Å². The zero-order chi connectivity index (χ0) is 25.8. The molecule has 0 radical (unpaired) electrons. The molecule has 1 aromatic carbocycles. The van der Waals surface area contributed by atoms with Crippen LogP contribution < -0.4 is 10.7 Å². The van der Waals surface area contributed by atoms with Gasteiger partial charge in [0.15, 0.2) is 17.0 Å². The van der Waals surface area contributed by atoms with Gasteiger partial charge in [0.25, 0.3) is 11.8 Å². The van der Waals surface area contributed by atoms with Crippen molar-refractivity contribution in [3.63, 3.8) is 0 Å². The number of pyridine rings is 1. The predicted octanol–water partition coefficient (Wildman–Crippen LogP) is 1.62. The van der Waals surface area contributed by atoms with E-state index in [0.29, 0.717) is 25.0 Å². The fraction of sp³-hybridized carbons (Fsp3) is 0.440. The highest BCUT2D eigenvalue weighted by Gasteiger charge is 2.54. The van der Waals surface area contributed by atoms with Crippen molar-refractivity contribution in [2.24, 2.45) is 5.16 Å². The zero-order valence-electron chi connectivity index (χ0n) is 20.0. The summed E-state index contributed by atoms with van der Waals surface area (Å²) in [4.78, 5) is 46.7. The van der Waals surface area contributed by atoms with Crippen molar-refractivity contribution in [1.82, 2.24) is 14.8 Å². The van der Waals surface area contributed by atoms with Crippen molar-refractivity contribution in [2.75, 3.05) is 13.2 Å². The number of aryl methyl sites for hydroxylation is 1. The Morgan fingerprint density at radius 2 is 2.14 bits per heavy atom. The third kappa shape index (κ3) is 3.74. The van der Waals surface area contributed by atoms with Crippen LogP contribution in [0.2, 0.25) is 0 Å². The van der Waals surface area contributed by atoms with Crippen LogP contribution in [0, 0.1) is 12.7 Å². The fourth-order valence-electron chi connectivity index (χ4n) is 5.34.